The summed E-state index contributed by atoms with van der Waals surface area (Å²) < 4.78 is 26.8. The Balaban J connectivity index is 1.73. The Kier molecular flexibility index (Phi) is 5.63. The molecule has 0 radical (unpaired) electrons. The first-order valence-corrected chi connectivity index (χ1v) is 9.33. The van der Waals surface area contributed by atoms with Gasteiger partial charge in [-0.15, -0.1) is 0 Å². The first-order chi connectivity index (χ1) is 13.8. The highest BCUT2D eigenvalue weighted by Gasteiger charge is 2.24. The number of aromatic nitrogens is 4. The Hall–Kier alpha value is -2.78. The van der Waals surface area contributed by atoms with Gasteiger partial charge in [0.1, 0.15) is 11.3 Å². The third-order valence-corrected chi connectivity index (χ3v) is 4.70. The van der Waals surface area contributed by atoms with Crippen molar-refractivity contribution in [3.63, 3.8) is 0 Å². The molecule has 1 fully saturated rings. The normalized spacial score (nSPS) is 15.1. The van der Waals surface area contributed by atoms with Crippen molar-refractivity contribution in [3.05, 3.63) is 36.3 Å². The number of benzene rings is 1. The molecule has 0 unspecified atom stereocenters. The smallest absolute Gasteiger partial charge is 0.224 e. The van der Waals surface area contributed by atoms with Crippen LogP contribution in [0, 0.1) is 5.82 Å². The van der Waals surface area contributed by atoms with Crippen LogP contribution in [0.5, 0.6) is 0 Å². The van der Waals surface area contributed by atoms with Crippen LogP contribution in [0.2, 0.25) is 0 Å². The van der Waals surface area contributed by atoms with E-state index in [2.05, 4.69) is 25.6 Å². The maximum atomic E-state index is 14.2. The molecule has 0 atom stereocenters. The molecule has 1 saturated heterocycles. The second-order valence-corrected chi connectivity index (χ2v) is 6.58. The molecule has 0 spiro atoms. The molecule has 1 aliphatic rings. The summed E-state index contributed by atoms with van der Waals surface area (Å²) >= 11 is 0. The van der Waals surface area contributed by atoms with E-state index >= 15 is 0 Å². The van der Waals surface area contributed by atoms with Gasteiger partial charge in [0.05, 0.1) is 18.5 Å². The number of imidazole rings is 1. The first kappa shape index (κ1) is 18.6. The molecular weight excluding hydrogens is 363 g/mol. The molecule has 1 aliphatic heterocycles. The predicted octanol–water partition coefficient (Wildman–Crippen LogP) is 3.12. The quantitative estimate of drug-likeness (QED) is 0.603. The number of hydrogen-bond donors (Lipinski definition) is 2. The monoisotopic (exact) mass is 386 g/mol. The van der Waals surface area contributed by atoms with E-state index in [0.29, 0.717) is 55.1 Å². The number of ether oxygens (including phenoxy) is 2. The first-order valence-electron chi connectivity index (χ1n) is 9.33. The van der Waals surface area contributed by atoms with Crippen LogP contribution in [0.3, 0.4) is 0 Å². The lowest BCUT2D eigenvalue weighted by molar-refractivity contribution is 0.0710. The molecule has 0 amide bonds. The second kappa shape index (κ2) is 8.49. The highest BCUT2D eigenvalue weighted by molar-refractivity contribution is 5.76. The molecular formula is C19H23FN6O2. The lowest BCUT2D eigenvalue weighted by Gasteiger charge is -2.25. The Morgan fingerprint density at radius 2 is 2.07 bits per heavy atom. The van der Waals surface area contributed by atoms with Gasteiger partial charge in [-0.2, -0.15) is 4.98 Å². The van der Waals surface area contributed by atoms with Crippen molar-refractivity contribution in [1.82, 2.24) is 19.5 Å². The zero-order chi connectivity index (χ0) is 19.3. The Labute approximate surface area is 162 Å². The zero-order valence-electron chi connectivity index (χ0n) is 15.7. The van der Waals surface area contributed by atoms with Gasteiger partial charge in [0.2, 0.25) is 11.9 Å². The van der Waals surface area contributed by atoms with E-state index in [9.17, 15) is 4.39 Å². The number of rotatable bonds is 7. The van der Waals surface area contributed by atoms with Crippen molar-refractivity contribution in [3.8, 4) is 0 Å². The Morgan fingerprint density at radius 1 is 1.25 bits per heavy atom. The number of nitrogens with zero attached hydrogens (tertiary/aromatic N) is 4. The van der Waals surface area contributed by atoms with E-state index < -0.39 is 0 Å². The van der Waals surface area contributed by atoms with Gasteiger partial charge >= 0.3 is 0 Å². The van der Waals surface area contributed by atoms with Gasteiger partial charge in [0, 0.05) is 32.9 Å². The van der Waals surface area contributed by atoms with Crippen LogP contribution in [0.4, 0.5) is 22.0 Å². The van der Waals surface area contributed by atoms with E-state index in [-0.39, 0.29) is 11.9 Å². The summed E-state index contributed by atoms with van der Waals surface area (Å²) in [6.45, 7) is 2.51. The van der Waals surface area contributed by atoms with Crippen molar-refractivity contribution < 1.29 is 13.9 Å². The Morgan fingerprint density at radius 3 is 2.86 bits per heavy atom. The highest BCUT2D eigenvalue weighted by Crippen LogP contribution is 2.31. The summed E-state index contributed by atoms with van der Waals surface area (Å²) in [7, 11) is 1.65. The molecule has 0 saturated carbocycles. The van der Waals surface area contributed by atoms with Gasteiger partial charge in [-0.05, 0) is 25.0 Å². The minimum Gasteiger partial charge on any atom is -0.383 e. The molecule has 148 valence electrons. The SMILES string of the molecule is COCCNc1ncc2nc(Nc3ccccc3F)n(C3CCOCC3)c2n1. The van der Waals surface area contributed by atoms with Crippen LogP contribution in [-0.4, -0.2) is 53.0 Å². The summed E-state index contributed by atoms with van der Waals surface area (Å²) in [6.07, 6.45) is 3.36. The summed E-state index contributed by atoms with van der Waals surface area (Å²) in [5.41, 5.74) is 1.74. The fraction of sp³-hybridized carbons (Fsp3) is 0.421. The van der Waals surface area contributed by atoms with Gasteiger partial charge in [-0.3, -0.25) is 4.57 Å². The highest BCUT2D eigenvalue weighted by atomic mass is 19.1. The summed E-state index contributed by atoms with van der Waals surface area (Å²) in [4.78, 5) is 13.6. The zero-order valence-corrected chi connectivity index (χ0v) is 15.7. The largest absolute Gasteiger partial charge is 0.383 e. The molecule has 3 heterocycles. The molecule has 0 bridgehead atoms. The summed E-state index contributed by atoms with van der Waals surface area (Å²) in [5, 5.41) is 6.27. The molecule has 3 aromatic rings. The predicted molar refractivity (Wildman–Crippen MR) is 104 cm³/mol. The van der Waals surface area contributed by atoms with Gasteiger partial charge in [0.15, 0.2) is 5.65 Å². The minimum atomic E-state index is -0.332. The van der Waals surface area contributed by atoms with Crippen LogP contribution in [0.25, 0.3) is 11.2 Å². The topological polar surface area (TPSA) is 86.1 Å². The maximum Gasteiger partial charge on any atom is 0.224 e. The summed E-state index contributed by atoms with van der Waals surface area (Å²) in [5.74, 6) is 0.728. The van der Waals surface area contributed by atoms with E-state index in [4.69, 9.17) is 9.47 Å². The van der Waals surface area contributed by atoms with E-state index in [1.54, 1.807) is 31.5 Å². The Bertz CT molecular complexity index is 941. The van der Waals surface area contributed by atoms with E-state index in [1.807, 2.05) is 4.57 Å². The minimum absolute atomic E-state index is 0.162. The van der Waals surface area contributed by atoms with Crippen molar-refractivity contribution in [2.75, 3.05) is 44.1 Å². The van der Waals surface area contributed by atoms with Crippen LogP contribution >= 0.6 is 0 Å². The number of fused-ring (bicyclic) bond motifs is 1. The third-order valence-electron chi connectivity index (χ3n) is 4.70. The average Bonchev–Trinajstić information content (AvgIpc) is 3.08. The van der Waals surface area contributed by atoms with E-state index in [1.165, 1.54) is 6.07 Å². The molecule has 2 N–H and O–H groups in total. The molecule has 9 heteroatoms. The van der Waals surface area contributed by atoms with Gasteiger partial charge < -0.3 is 20.1 Å². The van der Waals surface area contributed by atoms with Crippen molar-refractivity contribution in [1.29, 1.82) is 0 Å². The lowest BCUT2D eigenvalue weighted by Crippen LogP contribution is -2.21. The number of methoxy groups -OCH3 is 1. The fourth-order valence-electron chi connectivity index (χ4n) is 3.30. The van der Waals surface area contributed by atoms with Crippen molar-refractivity contribution in [2.45, 2.75) is 18.9 Å². The fourth-order valence-corrected chi connectivity index (χ4v) is 3.30. The van der Waals surface area contributed by atoms with Gasteiger partial charge in [0.25, 0.3) is 0 Å². The van der Waals surface area contributed by atoms with Crippen molar-refractivity contribution in [2.24, 2.45) is 0 Å². The van der Waals surface area contributed by atoms with Gasteiger partial charge in [-0.25, -0.2) is 14.4 Å². The number of para-hydroxylation sites is 1. The third kappa shape index (κ3) is 3.90. The number of hydrogen-bond acceptors (Lipinski definition) is 7. The van der Waals surface area contributed by atoms with Crippen LogP contribution < -0.4 is 10.6 Å². The molecule has 8 nitrogen and oxygen atoms in total. The molecule has 2 aromatic heterocycles. The lowest BCUT2D eigenvalue weighted by atomic mass is 10.1. The second-order valence-electron chi connectivity index (χ2n) is 6.58. The van der Waals surface area contributed by atoms with Crippen LogP contribution in [0.15, 0.2) is 30.5 Å². The number of halogens is 1. The van der Waals surface area contributed by atoms with Gasteiger partial charge in [-0.1, -0.05) is 12.1 Å². The number of anilines is 3. The summed E-state index contributed by atoms with van der Waals surface area (Å²) in [6, 6.07) is 6.71. The van der Waals surface area contributed by atoms with Crippen LogP contribution in [-0.2, 0) is 9.47 Å². The number of nitrogens with one attached hydrogen (secondary N) is 2. The van der Waals surface area contributed by atoms with Crippen LogP contribution in [0.1, 0.15) is 18.9 Å². The standard InChI is InChI=1S/C19H23FN6O2/c1-27-11-8-21-18-22-12-16-17(25-18)26(13-6-9-28-10-7-13)19(24-16)23-15-5-3-2-4-14(15)20/h2-5,12-13H,6-11H2,1H3,(H,23,24)(H,21,22,25). The van der Waals surface area contributed by atoms with Crippen molar-refractivity contribution >= 4 is 28.7 Å². The maximum absolute atomic E-state index is 14.2. The molecule has 4 rings (SSSR count). The molecule has 28 heavy (non-hydrogen) atoms. The molecule has 1 aromatic carbocycles. The average molecular weight is 386 g/mol. The van der Waals surface area contributed by atoms with E-state index in [0.717, 1.165) is 12.8 Å². The molecule has 0 aliphatic carbocycles.